The maximum Gasteiger partial charge on any atom is 0.428 e. The molecule has 0 saturated carbocycles. The van der Waals surface area contributed by atoms with Crippen LogP contribution in [0, 0.1) is 10.1 Å². The van der Waals surface area contributed by atoms with Gasteiger partial charge in [0.15, 0.2) is 6.67 Å². The zero-order chi connectivity index (χ0) is 11.5. The summed E-state index contributed by atoms with van der Waals surface area (Å²) in [7, 11) is 0. The number of rotatable bonds is 4. The molecular weight excluding hydrogens is 217 g/mol. The van der Waals surface area contributed by atoms with Gasteiger partial charge in [-0.1, -0.05) is 0 Å². The number of hydrogen-bond donors (Lipinski definition) is 0. The van der Waals surface area contributed by atoms with Crippen LogP contribution in [0.4, 0.5) is 18.9 Å². The van der Waals surface area contributed by atoms with Crippen molar-refractivity contribution in [1.82, 2.24) is 4.98 Å². The molecule has 1 rings (SSSR count). The number of hydrogen-bond acceptors (Lipinski definition) is 4. The van der Waals surface area contributed by atoms with Crippen LogP contribution in [0.15, 0.2) is 18.3 Å². The van der Waals surface area contributed by atoms with Crippen LogP contribution in [0.2, 0.25) is 0 Å². The van der Waals surface area contributed by atoms with Gasteiger partial charge < -0.3 is 4.74 Å². The summed E-state index contributed by atoms with van der Waals surface area (Å²) < 4.78 is 40.1. The molecule has 0 aliphatic rings. The van der Waals surface area contributed by atoms with Crippen LogP contribution in [-0.2, 0) is 0 Å². The topological polar surface area (TPSA) is 65.3 Å². The second-order valence-electron chi connectivity index (χ2n) is 2.48. The Labute approximate surface area is 81.6 Å². The van der Waals surface area contributed by atoms with Gasteiger partial charge in [0.2, 0.25) is 5.88 Å². The minimum Gasteiger partial charge on any atom is -0.413 e. The molecule has 5 nitrogen and oxygen atoms in total. The molecule has 0 aliphatic carbocycles. The lowest BCUT2D eigenvalue weighted by atomic mass is 10.4. The third-order valence-corrected chi connectivity index (χ3v) is 1.34. The molecular formula is C7H5F3N2O3. The van der Waals surface area contributed by atoms with Crippen LogP contribution in [0.25, 0.3) is 0 Å². The molecule has 0 fully saturated rings. The van der Waals surface area contributed by atoms with Gasteiger partial charge in [0.25, 0.3) is 5.69 Å². The van der Waals surface area contributed by atoms with Crippen molar-refractivity contribution in [2.45, 2.75) is 6.11 Å². The van der Waals surface area contributed by atoms with Crippen LogP contribution in [0.1, 0.15) is 0 Å². The second-order valence-corrected chi connectivity index (χ2v) is 2.48. The van der Waals surface area contributed by atoms with Gasteiger partial charge in [-0.3, -0.25) is 10.1 Å². The number of ether oxygens (including phenoxy) is 1. The van der Waals surface area contributed by atoms with Crippen molar-refractivity contribution in [2.24, 2.45) is 0 Å². The molecule has 0 unspecified atom stereocenters. The van der Waals surface area contributed by atoms with Crippen molar-refractivity contribution < 1.29 is 22.8 Å². The van der Waals surface area contributed by atoms with Gasteiger partial charge in [-0.05, 0) is 0 Å². The van der Waals surface area contributed by atoms with Gasteiger partial charge in [0, 0.05) is 12.1 Å². The van der Waals surface area contributed by atoms with Gasteiger partial charge >= 0.3 is 6.11 Å². The average Bonchev–Trinajstić information content (AvgIpc) is 2.18. The summed E-state index contributed by atoms with van der Waals surface area (Å²) in [6, 6.07) is 1.79. The van der Waals surface area contributed by atoms with E-state index in [9.17, 15) is 23.3 Å². The van der Waals surface area contributed by atoms with Crippen molar-refractivity contribution in [2.75, 3.05) is 6.67 Å². The zero-order valence-electron chi connectivity index (χ0n) is 7.19. The lowest BCUT2D eigenvalue weighted by Gasteiger charge is -2.12. The molecule has 0 amide bonds. The van der Waals surface area contributed by atoms with Crippen molar-refractivity contribution in [1.29, 1.82) is 0 Å². The van der Waals surface area contributed by atoms with E-state index in [1.54, 1.807) is 0 Å². The molecule has 8 heteroatoms. The fourth-order valence-electron chi connectivity index (χ4n) is 0.721. The highest BCUT2D eigenvalue weighted by Crippen LogP contribution is 2.21. The van der Waals surface area contributed by atoms with E-state index in [2.05, 4.69) is 9.72 Å². The van der Waals surface area contributed by atoms with Gasteiger partial charge in [-0.15, -0.1) is 0 Å². The Morgan fingerprint density at radius 3 is 2.60 bits per heavy atom. The smallest absolute Gasteiger partial charge is 0.413 e. The first-order valence-corrected chi connectivity index (χ1v) is 3.68. The minimum atomic E-state index is -3.97. The average molecular weight is 222 g/mol. The summed E-state index contributed by atoms with van der Waals surface area (Å²) in [6.07, 6.45) is -3.23. The minimum absolute atomic E-state index is 0.370. The highest BCUT2D eigenvalue weighted by atomic mass is 19.3. The molecule has 0 radical (unpaired) electrons. The van der Waals surface area contributed by atoms with E-state index < -0.39 is 23.6 Å². The number of alkyl halides is 3. The maximum absolute atomic E-state index is 12.3. The summed E-state index contributed by atoms with van der Waals surface area (Å²) in [5.74, 6) is -0.580. The SMILES string of the molecule is O=[N+]([O-])c1ccc(OC(F)(F)CF)nc1. The molecule has 15 heavy (non-hydrogen) atoms. The Kier molecular flexibility index (Phi) is 3.08. The standard InChI is InChI=1S/C7H5F3N2O3/c8-4-7(9,10)15-6-2-1-5(3-11-6)12(13)14/h1-3H,4H2. The summed E-state index contributed by atoms with van der Waals surface area (Å²) in [6.45, 7) is -1.99. The Morgan fingerprint density at radius 2 is 2.20 bits per heavy atom. The Balaban J connectivity index is 2.77. The lowest BCUT2D eigenvalue weighted by Crippen LogP contribution is -2.27. The lowest BCUT2D eigenvalue weighted by molar-refractivity contribution is -0.385. The molecule has 0 aliphatic heterocycles. The van der Waals surface area contributed by atoms with E-state index in [-0.39, 0.29) is 5.69 Å². The molecule has 0 atom stereocenters. The Morgan fingerprint density at radius 1 is 1.53 bits per heavy atom. The number of pyridine rings is 1. The van der Waals surface area contributed by atoms with E-state index in [4.69, 9.17) is 0 Å². The third-order valence-electron chi connectivity index (χ3n) is 1.34. The number of halogens is 3. The third kappa shape index (κ3) is 3.08. The predicted octanol–water partition coefficient (Wildman–Crippen LogP) is 1.93. The number of aromatic nitrogens is 1. The van der Waals surface area contributed by atoms with Crippen LogP contribution >= 0.6 is 0 Å². The van der Waals surface area contributed by atoms with Gasteiger partial charge in [-0.2, -0.15) is 8.78 Å². The first-order chi connectivity index (χ1) is 6.94. The van der Waals surface area contributed by atoms with Crippen LogP contribution in [0.5, 0.6) is 5.88 Å². The van der Waals surface area contributed by atoms with Crippen molar-refractivity contribution in [3.63, 3.8) is 0 Å². The van der Waals surface area contributed by atoms with Crippen LogP contribution in [-0.4, -0.2) is 22.7 Å². The highest BCUT2D eigenvalue weighted by Gasteiger charge is 2.32. The molecule has 0 saturated heterocycles. The number of nitro groups is 1. The van der Waals surface area contributed by atoms with Crippen LogP contribution in [0.3, 0.4) is 0 Å². The zero-order valence-corrected chi connectivity index (χ0v) is 7.19. The number of nitrogens with zero attached hydrogens (tertiary/aromatic N) is 2. The van der Waals surface area contributed by atoms with Crippen molar-refractivity contribution in [3.05, 3.63) is 28.4 Å². The fraction of sp³-hybridized carbons (Fsp3) is 0.286. The summed E-state index contributed by atoms with van der Waals surface area (Å²) in [4.78, 5) is 12.6. The molecule has 1 aromatic heterocycles. The van der Waals surface area contributed by atoms with E-state index >= 15 is 0 Å². The Hall–Kier alpha value is -1.86. The van der Waals surface area contributed by atoms with E-state index in [1.807, 2.05) is 0 Å². The molecule has 0 aromatic carbocycles. The molecule has 0 spiro atoms. The molecule has 0 bridgehead atoms. The first-order valence-electron chi connectivity index (χ1n) is 3.68. The van der Waals surface area contributed by atoms with E-state index in [1.165, 1.54) is 0 Å². The van der Waals surface area contributed by atoms with Gasteiger partial charge in [-0.25, -0.2) is 9.37 Å². The van der Waals surface area contributed by atoms with Crippen molar-refractivity contribution >= 4 is 5.69 Å². The van der Waals surface area contributed by atoms with Crippen molar-refractivity contribution in [3.8, 4) is 5.88 Å². The van der Waals surface area contributed by atoms with E-state index in [0.717, 1.165) is 18.3 Å². The molecule has 0 N–H and O–H groups in total. The van der Waals surface area contributed by atoms with Crippen LogP contribution < -0.4 is 4.74 Å². The highest BCUT2D eigenvalue weighted by molar-refractivity contribution is 5.28. The summed E-state index contributed by atoms with van der Waals surface area (Å²) >= 11 is 0. The predicted molar refractivity (Wildman–Crippen MR) is 42.4 cm³/mol. The molecule has 1 heterocycles. The quantitative estimate of drug-likeness (QED) is 0.576. The first kappa shape index (κ1) is 11.2. The summed E-state index contributed by atoms with van der Waals surface area (Å²) in [5.41, 5.74) is -0.370. The normalized spacial score (nSPS) is 11.1. The monoisotopic (exact) mass is 222 g/mol. The fourth-order valence-corrected chi connectivity index (χ4v) is 0.721. The molecule has 82 valence electrons. The van der Waals surface area contributed by atoms with Gasteiger partial charge in [0.1, 0.15) is 6.20 Å². The maximum atomic E-state index is 12.3. The summed E-state index contributed by atoms with van der Waals surface area (Å²) in [5, 5.41) is 10.2. The van der Waals surface area contributed by atoms with E-state index in [0.29, 0.717) is 0 Å². The van der Waals surface area contributed by atoms with Gasteiger partial charge in [0.05, 0.1) is 4.92 Å². The Bertz CT molecular complexity index is 355. The second kappa shape index (κ2) is 4.11. The molecule has 1 aromatic rings. The largest absolute Gasteiger partial charge is 0.428 e.